The maximum absolute atomic E-state index is 4.09. The zero-order valence-corrected chi connectivity index (χ0v) is 8.70. The van der Waals surface area contributed by atoms with Crippen LogP contribution in [-0.4, -0.2) is 30.2 Å². The molecule has 1 radical (unpaired) electrons. The number of hydrogen-bond donors (Lipinski definition) is 1. The molecule has 0 aromatic carbocycles. The molecule has 2 heterocycles. The van der Waals surface area contributed by atoms with Crippen molar-refractivity contribution in [2.45, 2.75) is 25.9 Å². The van der Waals surface area contributed by atoms with Gasteiger partial charge in [0.25, 0.3) is 0 Å². The quantitative estimate of drug-likeness (QED) is 0.718. The fraction of sp³-hybridized carbons (Fsp3) is 0.545. The molecule has 0 spiro atoms. The van der Waals surface area contributed by atoms with E-state index >= 15 is 0 Å². The fourth-order valence-corrected chi connectivity index (χ4v) is 2.03. The van der Waals surface area contributed by atoms with E-state index in [1.165, 1.54) is 5.69 Å². The standard InChI is InChI=1S/C11H16N3/c1-9-7-14(8-10(2)13-9)11-4-3-5-12-6-11/h4-6,9-10,13H,7-8H2,1-2H3. The van der Waals surface area contributed by atoms with Crippen LogP contribution >= 0.6 is 0 Å². The van der Waals surface area contributed by atoms with E-state index in [2.05, 4.69) is 35.1 Å². The van der Waals surface area contributed by atoms with Crippen LogP contribution in [0.5, 0.6) is 0 Å². The first-order valence-electron chi connectivity index (χ1n) is 5.08. The summed E-state index contributed by atoms with van der Waals surface area (Å²) in [5.74, 6) is 0. The van der Waals surface area contributed by atoms with Crippen molar-refractivity contribution in [1.82, 2.24) is 10.3 Å². The Balaban J connectivity index is 2.11. The minimum atomic E-state index is 0.541. The van der Waals surface area contributed by atoms with Crippen LogP contribution in [0.1, 0.15) is 13.8 Å². The van der Waals surface area contributed by atoms with Gasteiger partial charge < -0.3 is 10.2 Å². The van der Waals surface area contributed by atoms with Crippen LogP contribution in [0, 0.1) is 6.07 Å². The van der Waals surface area contributed by atoms with E-state index in [1.807, 2.05) is 12.3 Å². The second-order valence-corrected chi connectivity index (χ2v) is 4.02. The van der Waals surface area contributed by atoms with Crippen LogP contribution in [0.15, 0.2) is 18.5 Å². The molecule has 75 valence electrons. The van der Waals surface area contributed by atoms with E-state index in [4.69, 9.17) is 0 Å². The first-order chi connectivity index (χ1) is 6.75. The molecule has 1 aliphatic rings. The molecule has 3 heteroatoms. The molecule has 0 bridgehead atoms. The van der Waals surface area contributed by atoms with Crippen molar-refractivity contribution in [2.75, 3.05) is 18.0 Å². The number of aromatic nitrogens is 1. The molecule has 3 nitrogen and oxygen atoms in total. The van der Waals surface area contributed by atoms with Gasteiger partial charge in [0.05, 0.1) is 11.9 Å². The molecule has 1 aromatic heterocycles. The van der Waals surface area contributed by atoms with Gasteiger partial charge in [0.2, 0.25) is 0 Å². The second-order valence-electron chi connectivity index (χ2n) is 4.02. The maximum Gasteiger partial charge on any atom is 0.0560 e. The number of nitrogens with one attached hydrogen (secondary N) is 1. The summed E-state index contributed by atoms with van der Waals surface area (Å²) in [4.78, 5) is 6.45. The van der Waals surface area contributed by atoms with Gasteiger partial charge in [0.1, 0.15) is 0 Å². The van der Waals surface area contributed by atoms with Crippen LogP contribution < -0.4 is 10.2 Å². The molecule has 2 unspecified atom stereocenters. The lowest BCUT2D eigenvalue weighted by molar-refractivity contribution is 0.407. The van der Waals surface area contributed by atoms with Gasteiger partial charge in [-0.05, 0) is 19.9 Å². The van der Waals surface area contributed by atoms with Crippen molar-refractivity contribution in [3.05, 3.63) is 24.5 Å². The van der Waals surface area contributed by atoms with Crippen LogP contribution in [0.4, 0.5) is 5.69 Å². The van der Waals surface area contributed by atoms with Gasteiger partial charge in [0.15, 0.2) is 0 Å². The summed E-state index contributed by atoms with van der Waals surface area (Å²) in [5.41, 5.74) is 1.17. The first kappa shape index (κ1) is 9.46. The highest BCUT2D eigenvalue weighted by Gasteiger charge is 2.20. The summed E-state index contributed by atoms with van der Waals surface area (Å²) < 4.78 is 0. The van der Waals surface area contributed by atoms with Crippen LogP contribution in [-0.2, 0) is 0 Å². The van der Waals surface area contributed by atoms with Gasteiger partial charge in [-0.25, -0.2) is 0 Å². The lowest BCUT2D eigenvalue weighted by Crippen LogP contribution is -2.54. The van der Waals surface area contributed by atoms with Gasteiger partial charge in [0, 0.05) is 37.4 Å². The SMILES string of the molecule is CC1CN(c2c[c]cnc2)CC(C)N1. The van der Waals surface area contributed by atoms with Crippen molar-refractivity contribution in [3.8, 4) is 0 Å². The number of nitrogens with zero attached hydrogens (tertiary/aromatic N) is 2. The lowest BCUT2D eigenvalue weighted by Gasteiger charge is -2.37. The predicted molar refractivity (Wildman–Crippen MR) is 57.3 cm³/mol. The van der Waals surface area contributed by atoms with Crippen molar-refractivity contribution >= 4 is 5.69 Å². The van der Waals surface area contributed by atoms with E-state index in [0.717, 1.165) is 13.1 Å². The molecule has 1 fully saturated rings. The molecule has 1 aromatic rings. The molecular formula is C11H16N3. The average molecular weight is 190 g/mol. The summed E-state index contributed by atoms with van der Waals surface area (Å²) in [6, 6.07) is 6.09. The predicted octanol–water partition coefficient (Wildman–Crippen LogP) is 1.07. The van der Waals surface area contributed by atoms with Gasteiger partial charge in [-0.15, -0.1) is 0 Å². The molecule has 1 saturated heterocycles. The van der Waals surface area contributed by atoms with E-state index in [9.17, 15) is 0 Å². The Morgan fingerprint density at radius 1 is 1.43 bits per heavy atom. The Morgan fingerprint density at radius 3 is 2.71 bits per heavy atom. The van der Waals surface area contributed by atoms with E-state index < -0.39 is 0 Å². The van der Waals surface area contributed by atoms with Gasteiger partial charge in [-0.3, -0.25) is 4.98 Å². The number of piperazine rings is 1. The molecule has 0 aliphatic carbocycles. The number of rotatable bonds is 1. The van der Waals surface area contributed by atoms with Gasteiger partial charge in [-0.2, -0.15) is 0 Å². The lowest BCUT2D eigenvalue weighted by atomic mass is 10.1. The third-order valence-electron chi connectivity index (χ3n) is 2.51. The molecule has 2 rings (SSSR count). The summed E-state index contributed by atoms with van der Waals surface area (Å²) in [5, 5.41) is 3.51. The van der Waals surface area contributed by atoms with Crippen LogP contribution in [0.3, 0.4) is 0 Å². The van der Waals surface area contributed by atoms with Crippen LogP contribution in [0.25, 0.3) is 0 Å². The van der Waals surface area contributed by atoms with Crippen molar-refractivity contribution in [3.63, 3.8) is 0 Å². The number of pyridine rings is 1. The van der Waals surface area contributed by atoms with E-state index in [1.54, 1.807) is 6.20 Å². The van der Waals surface area contributed by atoms with Crippen molar-refractivity contribution in [2.24, 2.45) is 0 Å². The Morgan fingerprint density at radius 2 is 2.14 bits per heavy atom. The molecule has 1 N–H and O–H groups in total. The monoisotopic (exact) mass is 190 g/mol. The molecular weight excluding hydrogens is 174 g/mol. The van der Waals surface area contributed by atoms with E-state index in [0.29, 0.717) is 12.1 Å². The third-order valence-corrected chi connectivity index (χ3v) is 2.51. The van der Waals surface area contributed by atoms with Gasteiger partial charge >= 0.3 is 0 Å². The first-order valence-corrected chi connectivity index (χ1v) is 5.08. The molecule has 0 saturated carbocycles. The van der Waals surface area contributed by atoms with Crippen molar-refractivity contribution in [1.29, 1.82) is 0 Å². The Hall–Kier alpha value is -1.09. The molecule has 2 atom stereocenters. The smallest absolute Gasteiger partial charge is 0.0560 e. The average Bonchev–Trinajstić information content (AvgIpc) is 2.18. The normalized spacial score (nSPS) is 27.7. The highest BCUT2D eigenvalue weighted by atomic mass is 15.2. The highest BCUT2D eigenvalue weighted by molar-refractivity contribution is 5.44. The van der Waals surface area contributed by atoms with Crippen molar-refractivity contribution < 1.29 is 0 Å². The largest absolute Gasteiger partial charge is 0.367 e. The minimum Gasteiger partial charge on any atom is -0.367 e. The van der Waals surface area contributed by atoms with Crippen LogP contribution in [0.2, 0.25) is 0 Å². The molecule has 14 heavy (non-hydrogen) atoms. The number of anilines is 1. The highest BCUT2D eigenvalue weighted by Crippen LogP contribution is 2.15. The summed E-state index contributed by atoms with van der Waals surface area (Å²) >= 11 is 0. The second kappa shape index (κ2) is 3.96. The Labute approximate surface area is 85.1 Å². The molecule has 1 aliphatic heterocycles. The third kappa shape index (κ3) is 2.04. The minimum absolute atomic E-state index is 0.541. The molecule has 0 amide bonds. The maximum atomic E-state index is 4.09. The zero-order chi connectivity index (χ0) is 9.97. The fourth-order valence-electron chi connectivity index (χ4n) is 2.03. The Bertz CT molecular complexity index is 276. The number of hydrogen-bond acceptors (Lipinski definition) is 3. The summed E-state index contributed by atoms with van der Waals surface area (Å²) in [6.07, 6.45) is 3.60. The summed E-state index contributed by atoms with van der Waals surface area (Å²) in [6.45, 7) is 6.51. The van der Waals surface area contributed by atoms with E-state index in [-0.39, 0.29) is 0 Å². The Kier molecular flexibility index (Phi) is 2.68. The summed E-state index contributed by atoms with van der Waals surface area (Å²) in [7, 11) is 0. The van der Waals surface area contributed by atoms with Gasteiger partial charge in [-0.1, -0.05) is 0 Å². The zero-order valence-electron chi connectivity index (χ0n) is 8.70. The topological polar surface area (TPSA) is 28.2 Å².